The van der Waals surface area contributed by atoms with Gasteiger partial charge in [-0.3, -0.25) is 0 Å². The summed E-state index contributed by atoms with van der Waals surface area (Å²) in [4.78, 5) is 10.5. The van der Waals surface area contributed by atoms with E-state index in [1.165, 1.54) is 0 Å². The zero-order chi connectivity index (χ0) is 11.9. The topological polar surface area (TPSA) is 85.4 Å². The first-order valence-corrected chi connectivity index (χ1v) is 4.18. The number of quaternary nitrogens is 1. The van der Waals surface area contributed by atoms with Gasteiger partial charge in [0.25, 0.3) is 0 Å². The average molecular weight is 288 g/mol. The molecule has 0 unspecified atom stereocenters. The third-order valence-electron chi connectivity index (χ3n) is 2.46. The number of nitrogens with two attached hydrogens (primary N) is 1. The lowest BCUT2D eigenvalue weighted by Gasteiger charge is -2.25. The fraction of sp³-hybridized carbons (Fsp3) is 0.857. The van der Waals surface area contributed by atoms with Gasteiger partial charge in [0.05, 0.1) is 6.54 Å². The molecule has 0 aromatic heterocycles. The second-order valence-electron chi connectivity index (χ2n) is 3.40. The van der Waals surface area contributed by atoms with Crippen LogP contribution < -0.4 is 17.7 Å². The van der Waals surface area contributed by atoms with Crippen LogP contribution in [0.4, 0.5) is 22.0 Å². The Kier molecular flexibility index (Phi) is 6.36. The van der Waals surface area contributed by atoms with Gasteiger partial charge in [-0.05, 0) is 0 Å². The largest absolute Gasteiger partial charge is 1.00 e. The fourth-order valence-electron chi connectivity index (χ4n) is 1.69. The predicted molar refractivity (Wildman–Crippen MR) is 40.9 cm³/mol. The van der Waals surface area contributed by atoms with Crippen LogP contribution in [0.25, 0.3) is 0 Å². The van der Waals surface area contributed by atoms with E-state index in [1.807, 2.05) is 0 Å². The monoisotopic (exact) mass is 287 g/mol. The molecule has 1 aliphatic rings. The van der Waals surface area contributed by atoms with Crippen molar-refractivity contribution in [3.8, 4) is 0 Å². The van der Waals surface area contributed by atoms with E-state index in [0.29, 0.717) is 0 Å². The summed E-state index contributed by atoms with van der Waals surface area (Å²) in [6.07, 6.45) is -6.15. The Morgan fingerprint density at radius 1 is 1.24 bits per heavy atom. The first-order chi connectivity index (χ1) is 6.68. The molecule has 1 fully saturated rings. The van der Waals surface area contributed by atoms with Crippen molar-refractivity contribution in [2.24, 2.45) is 5.92 Å². The SMILES string of the molecule is O.O=C(O)[C@H]1[NH2+]CC[C@@H]1C(F)(F)C(F)(F)F.[Cl-]. The van der Waals surface area contributed by atoms with E-state index in [0.717, 1.165) is 5.32 Å². The molecule has 5 N–H and O–H groups in total. The third kappa shape index (κ3) is 3.39. The quantitative estimate of drug-likeness (QED) is 0.514. The Morgan fingerprint density at radius 3 is 2.06 bits per heavy atom. The molecular formula is C7H11ClF5NO3. The molecule has 1 heterocycles. The minimum atomic E-state index is -5.69. The molecule has 2 atom stereocenters. The Morgan fingerprint density at radius 2 is 1.71 bits per heavy atom. The van der Waals surface area contributed by atoms with Crippen LogP contribution in [0, 0.1) is 5.92 Å². The van der Waals surface area contributed by atoms with Crippen LogP contribution in [-0.4, -0.2) is 41.2 Å². The van der Waals surface area contributed by atoms with E-state index in [4.69, 9.17) is 5.11 Å². The van der Waals surface area contributed by atoms with E-state index >= 15 is 0 Å². The first kappa shape index (κ1) is 18.7. The summed E-state index contributed by atoms with van der Waals surface area (Å²) in [7, 11) is 0. The molecule has 0 bridgehead atoms. The molecule has 0 amide bonds. The first-order valence-electron chi connectivity index (χ1n) is 4.18. The van der Waals surface area contributed by atoms with Crippen molar-refractivity contribution in [1.29, 1.82) is 0 Å². The van der Waals surface area contributed by atoms with Crippen molar-refractivity contribution in [3.63, 3.8) is 0 Å². The molecule has 0 saturated carbocycles. The van der Waals surface area contributed by atoms with Crippen LogP contribution >= 0.6 is 0 Å². The lowest BCUT2D eigenvalue weighted by molar-refractivity contribution is -0.664. The standard InChI is InChI=1S/C7H8F5NO2.ClH.H2O/c8-6(9,7(10,11)12)3-1-2-13-4(3)5(14)15;;/h3-4,13H,1-2H2,(H,14,15);1H;1H2/t3-,4-;;/m0../s1. The van der Waals surface area contributed by atoms with Gasteiger partial charge in [-0.15, -0.1) is 0 Å². The van der Waals surface area contributed by atoms with Crippen LogP contribution in [0.15, 0.2) is 0 Å². The van der Waals surface area contributed by atoms with Crippen molar-refractivity contribution in [1.82, 2.24) is 0 Å². The van der Waals surface area contributed by atoms with Gasteiger partial charge >= 0.3 is 18.1 Å². The van der Waals surface area contributed by atoms with Gasteiger partial charge < -0.3 is 28.3 Å². The van der Waals surface area contributed by atoms with Gasteiger partial charge in [-0.25, -0.2) is 4.79 Å². The summed E-state index contributed by atoms with van der Waals surface area (Å²) in [6, 6.07) is -1.72. The number of hydrogen-bond donors (Lipinski definition) is 2. The highest BCUT2D eigenvalue weighted by atomic mass is 35.5. The average Bonchev–Trinajstić information content (AvgIpc) is 2.48. The molecular weight excluding hydrogens is 277 g/mol. The molecule has 1 saturated heterocycles. The van der Waals surface area contributed by atoms with Gasteiger partial charge in [0.2, 0.25) is 0 Å². The van der Waals surface area contributed by atoms with Crippen LogP contribution in [-0.2, 0) is 4.79 Å². The van der Waals surface area contributed by atoms with Crippen LogP contribution in [0.1, 0.15) is 6.42 Å². The second kappa shape index (κ2) is 5.78. The lowest BCUT2D eigenvalue weighted by atomic mass is 9.93. The van der Waals surface area contributed by atoms with Gasteiger partial charge in [-0.1, -0.05) is 0 Å². The highest BCUT2D eigenvalue weighted by molar-refractivity contribution is 5.72. The number of carbonyl (C=O) groups is 1. The van der Waals surface area contributed by atoms with Crippen molar-refractivity contribution >= 4 is 5.97 Å². The highest BCUT2D eigenvalue weighted by Gasteiger charge is 2.67. The van der Waals surface area contributed by atoms with Crippen molar-refractivity contribution in [2.75, 3.05) is 6.54 Å². The Hall–Kier alpha value is -0.670. The summed E-state index contributed by atoms with van der Waals surface area (Å²) in [6.45, 7) is -0.0344. The second-order valence-corrected chi connectivity index (χ2v) is 3.40. The molecule has 0 radical (unpaired) electrons. The number of rotatable bonds is 2. The minimum Gasteiger partial charge on any atom is -1.00 e. The number of alkyl halides is 5. The smallest absolute Gasteiger partial charge is 0.453 e. The van der Waals surface area contributed by atoms with Gasteiger partial charge in [0.15, 0.2) is 6.04 Å². The summed E-state index contributed by atoms with van der Waals surface area (Å²) in [5.41, 5.74) is 0. The van der Waals surface area contributed by atoms with E-state index in [1.54, 1.807) is 0 Å². The van der Waals surface area contributed by atoms with E-state index in [-0.39, 0.29) is 24.4 Å². The minimum absolute atomic E-state index is 0. The van der Waals surface area contributed by atoms with Crippen LogP contribution in [0.3, 0.4) is 0 Å². The van der Waals surface area contributed by atoms with Gasteiger partial charge in [0.1, 0.15) is 5.92 Å². The number of halogens is 6. The normalized spacial score (nSPS) is 24.8. The molecule has 104 valence electrons. The molecule has 4 nitrogen and oxygen atoms in total. The van der Waals surface area contributed by atoms with Gasteiger partial charge in [0, 0.05) is 6.42 Å². The summed E-state index contributed by atoms with van der Waals surface area (Å²) in [5.74, 6) is -8.76. The summed E-state index contributed by atoms with van der Waals surface area (Å²) < 4.78 is 61.6. The number of hydrogen-bond acceptors (Lipinski definition) is 1. The fourth-order valence-corrected chi connectivity index (χ4v) is 1.69. The molecule has 10 heteroatoms. The van der Waals surface area contributed by atoms with Crippen molar-refractivity contribution < 1.29 is 55.1 Å². The Bertz CT molecular complexity index is 273. The van der Waals surface area contributed by atoms with Crippen LogP contribution in [0.2, 0.25) is 0 Å². The molecule has 17 heavy (non-hydrogen) atoms. The van der Waals surface area contributed by atoms with Gasteiger partial charge in [-0.2, -0.15) is 22.0 Å². The molecule has 0 aromatic rings. The molecule has 1 rings (SSSR count). The lowest BCUT2D eigenvalue weighted by Crippen LogP contribution is -3.00. The Labute approximate surface area is 98.9 Å². The van der Waals surface area contributed by atoms with E-state index in [2.05, 4.69) is 0 Å². The summed E-state index contributed by atoms with van der Waals surface area (Å²) >= 11 is 0. The number of carboxylic acids is 1. The zero-order valence-corrected chi connectivity index (χ0v) is 9.03. The maximum atomic E-state index is 12.8. The predicted octanol–water partition coefficient (Wildman–Crippen LogP) is -3.60. The van der Waals surface area contributed by atoms with Crippen molar-refractivity contribution in [3.05, 3.63) is 0 Å². The number of aliphatic carboxylic acids is 1. The molecule has 1 aliphatic heterocycles. The zero-order valence-electron chi connectivity index (χ0n) is 8.27. The number of carboxylic acid groups (broad SMARTS) is 1. The maximum absolute atomic E-state index is 12.8. The van der Waals surface area contributed by atoms with Crippen molar-refractivity contribution in [2.45, 2.75) is 24.6 Å². The Balaban J connectivity index is 0. The van der Waals surface area contributed by atoms with Crippen LogP contribution in [0.5, 0.6) is 0 Å². The highest BCUT2D eigenvalue weighted by Crippen LogP contribution is 2.44. The summed E-state index contributed by atoms with van der Waals surface area (Å²) in [5, 5.41) is 9.47. The third-order valence-corrected chi connectivity index (χ3v) is 2.46. The van der Waals surface area contributed by atoms with E-state index < -0.39 is 36.4 Å². The van der Waals surface area contributed by atoms with E-state index in [9.17, 15) is 26.7 Å². The molecule has 0 aromatic carbocycles. The molecule has 0 spiro atoms. The maximum Gasteiger partial charge on any atom is 0.453 e. The molecule has 0 aliphatic carbocycles.